The lowest BCUT2D eigenvalue weighted by Gasteiger charge is -2.32. The van der Waals surface area contributed by atoms with E-state index in [1.807, 2.05) is 0 Å². The van der Waals surface area contributed by atoms with E-state index in [-0.39, 0.29) is 13.5 Å². The Morgan fingerprint density at radius 1 is 1.57 bits per heavy atom. The van der Waals surface area contributed by atoms with Crippen molar-refractivity contribution in [1.82, 2.24) is 0 Å². The molecule has 14 heavy (non-hydrogen) atoms. The summed E-state index contributed by atoms with van der Waals surface area (Å²) in [5.74, 6) is 1.12. The Kier molecular flexibility index (Phi) is 4.18. The molecule has 0 aromatic carbocycles. The van der Waals surface area contributed by atoms with Crippen molar-refractivity contribution >= 4 is 5.97 Å². The van der Waals surface area contributed by atoms with E-state index in [9.17, 15) is 4.79 Å². The average molecular weight is 198 g/mol. The van der Waals surface area contributed by atoms with Crippen LogP contribution in [0.25, 0.3) is 0 Å². The van der Waals surface area contributed by atoms with Crippen molar-refractivity contribution in [3.63, 3.8) is 0 Å². The topological polar surface area (TPSA) is 26.3 Å². The summed E-state index contributed by atoms with van der Waals surface area (Å²) in [7, 11) is 0. The van der Waals surface area contributed by atoms with Crippen LogP contribution >= 0.6 is 0 Å². The quantitative estimate of drug-likeness (QED) is 0.514. The van der Waals surface area contributed by atoms with Crippen LogP contribution in [0.15, 0.2) is 12.7 Å². The smallest absolute Gasteiger partial charge is 0.330 e. The first-order valence-corrected chi connectivity index (χ1v) is 5.48. The van der Waals surface area contributed by atoms with Gasteiger partial charge in [0.25, 0.3) is 0 Å². The van der Waals surface area contributed by atoms with E-state index in [1.165, 1.54) is 18.9 Å². The maximum Gasteiger partial charge on any atom is 0.330 e. The second-order valence-corrected chi connectivity index (χ2v) is 4.35. The average Bonchev–Trinajstić information content (AvgIpc) is 2.16. The summed E-state index contributed by atoms with van der Waals surface area (Å²) >= 11 is 0. The van der Waals surface area contributed by atoms with Gasteiger partial charge in [-0.1, -0.05) is 26.8 Å². The zero-order valence-corrected chi connectivity index (χ0v) is 9.16. The Labute approximate surface area is 87.8 Å². The molecule has 0 aliphatic heterocycles. The second kappa shape index (κ2) is 5.18. The van der Waals surface area contributed by atoms with Gasteiger partial charge in [-0.05, 0) is 31.1 Å². The number of ether oxygens (including phenoxy) is 1. The molecule has 1 fully saturated rings. The van der Waals surface area contributed by atoms with Crippen LogP contribution in [-0.2, 0) is 9.53 Å². The second-order valence-electron chi connectivity index (χ2n) is 4.35. The molecule has 0 amide bonds. The van der Waals surface area contributed by atoms with Crippen LogP contribution in [-0.4, -0.2) is 12.1 Å². The van der Waals surface area contributed by atoms with Crippen LogP contribution in [0.3, 0.4) is 0 Å². The Balaban J connectivity index is 0.00000196. The lowest BCUT2D eigenvalue weighted by molar-refractivity contribution is -0.146. The number of carbonyl (C=O) groups is 1. The minimum Gasteiger partial charge on any atom is -0.459 e. The van der Waals surface area contributed by atoms with Crippen LogP contribution in [0, 0.1) is 11.8 Å². The molecule has 1 aliphatic carbocycles. The van der Waals surface area contributed by atoms with Crippen molar-refractivity contribution in [3.05, 3.63) is 12.7 Å². The summed E-state index contributed by atoms with van der Waals surface area (Å²) in [6, 6.07) is 0. The van der Waals surface area contributed by atoms with Gasteiger partial charge in [-0.3, -0.25) is 0 Å². The van der Waals surface area contributed by atoms with Crippen LogP contribution < -0.4 is 0 Å². The van der Waals surface area contributed by atoms with Gasteiger partial charge in [0, 0.05) is 7.50 Å². The van der Waals surface area contributed by atoms with Crippen LogP contribution in [0.1, 0.15) is 41.0 Å². The van der Waals surface area contributed by atoms with Gasteiger partial charge in [-0.25, -0.2) is 4.79 Å². The fourth-order valence-corrected chi connectivity index (χ4v) is 2.32. The van der Waals surface area contributed by atoms with Crippen LogP contribution in [0.5, 0.6) is 0 Å². The van der Waals surface area contributed by atoms with E-state index in [2.05, 4.69) is 20.4 Å². The first-order chi connectivity index (χ1) is 6.65. The van der Waals surface area contributed by atoms with Crippen molar-refractivity contribution in [2.45, 2.75) is 45.6 Å². The highest BCUT2D eigenvalue weighted by atomic mass is 16.5. The molecule has 0 aromatic heterocycles. The zero-order valence-electron chi connectivity index (χ0n) is 9.16. The third-order valence-corrected chi connectivity index (χ3v) is 3.02. The highest BCUT2D eigenvalue weighted by molar-refractivity contribution is 5.81. The molecule has 0 aromatic rings. The fraction of sp³-hybridized carbons (Fsp3) is 0.750. The van der Waals surface area contributed by atoms with E-state index in [4.69, 9.17) is 4.74 Å². The summed E-state index contributed by atoms with van der Waals surface area (Å²) in [6.07, 6.45) is 5.87. The molecular formula is C12H22O2. The van der Waals surface area contributed by atoms with Crippen LogP contribution in [0.2, 0.25) is 0 Å². The monoisotopic (exact) mass is 198 g/mol. The van der Waals surface area contributed by atoms with Gasteiger partial charge in [0.1, 0.15) is 6.10 Å². The van der Waals surface area contributed by atoms with Crippen molar-refractivity contribution in [1.29, 1.82) is 0 Å². The predicted octanol–water partition coefficient (Wildman–Crippen LogP) is 3.18. The maximum atomic E-state index is 11.0. The molecule has 1 rings (SSSR count). The van der Waals surface area contributed by atoms with E-state index in [0.717, 1.165) is 18.8 Å². The molecule has 3 unspecified atom stereocenters. The van der Waals surface area contributed by atoms with Crippen molar-refractivity contribution in [3.8, 4) is 0 Å². The van der Waals surface area contributed by atoms with Crippen molar-refractivity contribution in [2.24, 2.45) is 11.8 Å². The summed E-state index contributed by atoms with van der Waals surface area (Å²) < 4.78 is 5.29. The Morgan fingerprint density at radius 3 is 2.86 bits per heavy atom. The number of esters is 1. The number of carbonyl (C=O) groups excluding carboxylic acids is 1. The molecule has 2 nitrogen and oxygen atoms in total. The van der Waals surface area contributed by atoms with Gasteiger partial charge in [-0.2, -0.15) is 0 Å². The lowest BCUT2D eigenvalue weighted by atomic mass is 9.79. The van der Waals surface area contributed by atoms with Gasteiger partial charge in [0.15, 0.2) is 0 Å². The standard InChI is InChI=1S/C12H20O2.H2/c1-4-10-6-9(3)7-11(8-10)14-12(13)5-2;/h5,9-11H,2,4,6-8H2,1,3H3;1H. The van der Waals surface area contributed by atoms with Crippen molar-refractivity contribution < 1.29 is 11.0 Å². The van der Waals surface area contributed by atoms with E-state index >= 15 is 0 Å². The third-order valence-electron chi connectivity index (χ3n) is 3.02. The largest absolute Gasteiger partial charge is 0.459 e. The molecule has 2 heteroatoms. The number of hydrogen-bond donors (Lipinski definition) is 0. The highest BCUT2D eigenvalue weighted by Crippen LogP contribution is 2.32. The molecule has 0 heterocycles. The molecule has 0 bridgehead atoms. The first kappa shape index (κ1) is 11.3. The summed E-state index contributed by atoms with van der Waals surface area (Å²) in [4.78, 5) is 11.0. The zero-order chi connectivity index (χ0) is 10.6. The molecule has 1 saturated carbocycles. The summed E-state index contributed by atoms with van der Waals surface area (Å²) in [6.45, 7) is 7.85. The third kappa shape index (κ3) is 3.17. The molecule has 0 saturated heterocycles. The number of rotatable bonds is 3. The minimum atomic E-state index is -0.279. The van der Waals surface area contributed by atoms with E-state index in [1.54, 1.807) is 0 Å². The minimum absolute atomic E-state index is 0. The summed E-state index contributed by atoms with van der Waals surface area (Å²) in [5, 5.41) is 0. The Hall–Kier alpha value is -0.790. The van der Waals surface area contributed by atoms with Gasteiger partial charge in [0.2, 0.25) is 0 Å². The van der Waals surface area contributed by atoms with E-state index < -0.39 is 0 Å². The maximum absolute atomic E-state index is 11.0. The molecule has 0 N–H and O–H groups in total. The fourth-order valence-electron chi connectivity index (χ4n) is 2.32. The van der Waals surface area contributed by atoms with Gasteiger partial charge >= 0.3 is 5.97 Å². The molecule has 3 atom stereocenters. The predicted molar refractivity (Wildman–Crippen MR) is 59.0 cm³/mol. The summed E-state index contributed by atoms with van der Waals surface area (Å²) in [5.41, 5.74) is 0. The molecule has 0 radical (unpaired) electrons. The van der Waals surface area contributed by atoms with E-state index in [0.29, 0.717) is 5.92 Å². The molecule has 1 aliphatic rings. The lowest BCUT2D eigenvalue weighted by Crippen LogP contribution is -2.28. The van der Waals surface area contributed by atoms with Crippen molar-refractivity contribution in [2.75, 3.05) is 0 Å². The molecule has 82 valence electrons. The number of hydrogen-bond acceptors (Lipinski definition) is 2. The molecular weight excluding hydrogens is 176 g/mol. The first-order valence-electron chi connectivity index (χ1n) is 5.48. The Morgan fingerprint density at radius 2 is 2.29 bits per heavy atom. The van der Waals surface area contributed by atoms with Crippen LogP contribution in [0.4, 0.5) is 0 Å². The van der Waals surface area contributed by atoms with Gasteiger partial charge in [0.05, 0.1) is 0 Å². The van der Waals surface area contributed by atoms with Gasteiger partial charge < -0.3 is 4.74 Å². The van der Waals surface area contributed by atoms with Gasteiger partial charge in [-0.15, -0.1) is 0 Å². The molecule has 0 spiro atoms. The SMILES string of the molecule is C=CC(=O)OC1CC(C)CC(CC)C1.[HH]. The normalized spacial score (nSPS) is 32.3. The highest BCUT2D eigenvalue weighted by Gasteiger charge is 2.27. The Bertz CT molecular complexity index is 216.